The number of anilines is 2. The van der Waals surface area contributed by atoms with Crippen LogP contribution < -0.4 is 9.80 Å². The molecular formula is C20H25N3O. The van der Waals surface area contributed by atoms with E-state index in [0.717, 1.165) is 50.3 Å². The molecule has 0 saturated heterocycles. The Labute approximate surface area is 144 Å². The molecule has 0 spiro atoms. The molecule has 126 valence electrons. The van der Waals surface area contributed by atoms with Crippen LogP contribution in [0.5, 0.6) is 0 Å². The first-order valence-electron chi connectivity index (χ1n) is 8.84. The molecule has 1 amide bonds. The van der Waals surface area contributed by atoms with Gasteiger partial charge in [-0.3, -0.25) is 9.78 Å². The topological polar surface area (TPSA) is 36.4 Å². The number of nitrogens with zero attached hydrogens (tertiary/aromatic N) is 3. The first-order chi connectivity index (χ1) is 11.7. The molecule has 0 unspecified atom stereocenters. The summed E-state index contributed by atoms with van der Waals surface area (Å²) < 4.78 is 0. The SMILES string of the molecule is CCCN(CCC)c1cncc(C(=O)N2CCc3ccccc32)c1. The van der Waals surface area contributed by atoms with Crippen LogP contribution in [0.25, 0.3) is 0 Å². The van der Waals surface area contributed by atoms with E-state index in [1.54, 1.807) is 6.20 Å². The molecule has 0 saturated carbocycles. The third kappa shape index (κ3) is 3.28. The monoisotopic (exact) mass is 323 g/mol. The lowest BCUT2D eigenvalue weighted by Crippen LogP contribution is -2.30. The van der Waals surface area contributed by atoms with Gasteiger partial charge in [-0.1, -0.05) is 32.0 Å². The summed E-state index contributed by atoms with van der Waals surface area (Å²) in [5.41, 5.74) is 3.99. The Morgan fingerprint density at radius 3 is 2.67 bits per heavy atom. The van der Waals surface area contributed by atoms with Crippen molar-refractivity contribution in [2.75, 3.05) is 29.4 Å². The highest BCUT2D eigenvalue weighted by molar-refractivity contribution is 6.07. The number of amides is 1. The van der Waals surface area contributed by atoms with E-state index in [9.17, 15) is 4.79 Å². The second-order valence-corrected chi connectivity index (χ2v) is 6.25. The number of aromatic nitrogens is 1. The van der Waals surface area contributed by atoms with Gasteiger partial charge in [0, 0.05) is 31.5 Å². The van der Waals surface area contributed by atoms with Crippen LogP contribution in [0, 0.1) is 0 Å². The summed E-state index contributed by atoms with van der Waals surface area (Å²) in [7, 11) is 0. The minimum atomic E-state index is 0.0437. The fourth-order valence-electron chi connectivity index (χ4n) is 3.33. The first-order valence-corrected chi connectivity index (χ1v) is 8.84. The Morgan fingerprint density at radius 2 is 1.92 bits per heavy atom. The van der Waals surface area contributed by atoms with E-state index in [1.165, 1.54) is 5.56 Å². The molecule has 0 radical (unpaired) electrons. The zero-order valence-electron chi connectivity index (χ0n) is 14.5. The quantitative estimate of drug-likeness (QED) is 0.808. The number of fused-ring (bicyclic) bond motifs is 1. The van der Waals surface area contributed by atoms with Crippen LogP contribution in [0.3, 0.4) is 0 Å². The zero-order valence-corrected chi connectivity index (χ0v) is 14.5. The van der Waals surface area contributed by atoms with Crippen molar-refractivity contribution >= 4 is 17.3 Å². The number of hydrogen-bond acceptors (Lipinski definition) is 3. The normalized spacial score (nSPS) is 13.0. The first kappa shape index (κ1) is 16.5. The molecule has 1 aromatic carbocycles. The summed E-state index contributed by atoms with van der Waals surface area (Å²) in [6.07, 6.45) is 6.63. The average molecular weight is 323 g/mol. The largest absolute Gasteiger partial charge is 0.370 e. The smallest absolute Gasteiger partial charge is 0.259 e. The van der Waals surface area contributed by atoms with Gasteiger partial charge < -0.3 is 9.80 Å². The highest BCUT2D eigenvalue weighted by Gasteiger charge is 2.25. The molecule has 0 aliphatic carbocycles. The number of benzene rings is 1. The molecule has 24 heavy (non-hydrogen) atoms. The van der Waals surface area contributed by atoms with Crippen molar-refractivity contribution in [2.45, 2.75) is 33.1 Å². The molecule has 1 aromatic heterocycles. The number of carbonyl (C=O) groups excluding carboxylic acids is 1. The van der Waals surface area contributed by atoms with Gasteiger partial charge in [-0.2, -0.15) is 0 Å². The van der Waals surface area contributed by atoms with Crippen LogP contribution in [0.15, 0.2) is 42.7 Å². The lowest BCUT2D eigenvalue weighted by atomic mass is 10.1. The Kier molecular flexibility index (Phi) is 5.14. The van der Waals surface area contributed by atoms with E-state index in [4.69, 9.17) is 0 Å². The fourth-order valence-corrected chi connectivity index (χ4v) is 3.33. The van der Waals surface area contributed by atoms with Crippen LogP contribution >= 0.6 is 0 Å². The summed E-state index contributed by atoms with van der Waals surface area (Å²) >= 11 is 0. The van der Waals surface area contributed by atoms with Crippen LogP contribution in [-0.2, 0) is 6.42 Å². The summed E-state index contributed by atoms with van der Waals surface area (Å²) in [5.74, 6) is 0.0437. The van der Waals surface area contributed by atoms with Crippen molar-refractivity contribution in [1.82, 2.24) is 4.98 Å². The number of para-hydroxylation sites is 1. The van der Waals surface area contributed by atoms with Gasteiger partial charge in [-0.15, -0.1) is 0 Å². The van der Waals surface area contributed by atoms with Crippen LogP contribution in [0.4, 0.5) is 11.4 Å². The summed E-state index contributed by atoms with van der Waals surface area (Å²) in [6.45, 7) is 7.06. The van der Waals surface area contributed by atoms with E-state index in [2.05, 4.69) is 29.8 Å². The molecule has 0 N–H and O–H groups in total. The van der Waals surface area contributed by atoms with Gasteiger partial charge in [0.05, 0.1) is 17.4 Å². The number of hydrogen-bond donors (Lipinski definition) is 0. The molecule has 2 heterocycles. The van der Waals surface area contributed by atoms with Gasteiger partial charge in [0.15, 0.2) is 0 Å². The van der Waals surface area contributed by atoms with Gasteiger partial charge in [0.1, 0.15) is 0 Å². The predicted octanol–water partition coefficient (Wildman–Crippen LogP) is 3.91. The molecule has 4 heteroatoms. The summed E-state index contributed by atoms with van der Waals surface area (Å²) in [4.78, 5) is 21.5. The molecular weight excluding hydrogens is 298 g/mol. The standard InChI is InChI=1S/C20H25N3O/c1-3-10-22(11-4-2)18-13-17(14-21-15-18)20(24)23-12-9-16-7-5-6-8-19(16)23/h5-8,13-15H,3-4,9-12H2,1-2H3. The Balaban J connectivity index is 1.85. The van der Waals surface area contributed by atoms with E-state index >= 15 is 0 Å². The molecule has 2 aromatic rings. The second-order valence-electron chi connectivity index (χ2n) is 6.25. The lowest BCUT2D eigenvalue weighted by molar-refractivity contribution is 0.0989. The zero-order chi connectivity index (χ0) is 16.9. The maximum absolute atomic E-state index is 13.0. The molecule has 0 fully saturated rings. The Morgan fingerprint density at radius 1 is 1.17 bits per heavy atom. The molecule has 1 aliphatic rings. The van der Waals surface area contributed by atoms with Gasteiger partial charge in [0.25, 0.3) is 5.91 Å². The highest BCUT2D eigenvalue weighted by Crippen LogP contribution is 2.29. The van der Waals surface area contributed by atoms with Crippen molar-refractivity contribution in [1.29, 1.82) is 0 Å². The summed E-state index contributed by atoms with van der Waals surface area (Å²) in [5, 5.41) is 0. The minimum absolute atomic E-state index is 0.0437. The van der Waals surface area contributed by atoms with Crippen molar-refractivity contribution in [2.24, 2.45) is 0 Å². The van der Waals surface area contributed by atoms with Gasteiger partial charge in [-0.05, 0) is 37.0 Å². The maximum atomic E-state index is 13.0. The van der Waals surface area contributed by atoms with Crippen molar-refractivity contribution < 1.29 is 4.79 Å². The Hall–Kier alpha value is -2.36. The highest BCUT2D eigenvalue weighted by atomic mass is 16.2. The van der Waals surface area contributed by atoms with E-state index in [0.29, 0.717) is 5.56 Å². The second kappa shape index (κ2) is 7.47. The van der Waals surface area contributed by atoms with Gasteiger partial charge >= 0.3 is 0 Å². The Bertz CT molecular complexity index is 708. The third-order valence-electron chi connectivity index (χ3n) is 4.46. The van der Waals surface area contributed by atoms with Crippen LogP contribution in [0.1, 0.15) is 42.6 Å². The van der Waals surface area contributed by atoms with E-state index in [-0.39, 0.29) is 5.91 Å². The van der Waals surface area contributed by atoms with Crippen LogP contribution in [-0.4, -0.2) is 30.5 Å². The third-order valence-corrected chi connectivity index (χ3v) is 4.46. The number of carbonyl (C=O) groups is 1. The van der Waals surface area contributed by atoms with E-state index < -0.39 is 0 Å². The fraction of sp³-hybridized carbons (Fsp3) is 0.400. The van der Waals surface area contributed by atoms with Crippen LogP contribution in [0.2, 0.25) is 0 Å². The maximum Gasteiger partial charge on any atom is 0.259 e. The van der Waals surface area contributed by atoms with Gasteiger partial charge in [0.2, 0.25) is 0 Å². The average Bonchev–Trinajstić information content (AvgIpc) is 3.05. The van der Waals surface area contributed by atoms with Crippen molar-refractivity contribution in [3.63, 3.8) is 0 Å². The van der Waals surface area contributed by atoms with Crippen molar-refractivity contribution in [3.8, 4) is 0 Å². The van der Waals surface area contributed by atoms with Gasteiger partial charge in [-0.25, -0.2) is 0 Å². The summed E-state index contributed by atoms with van der Waals surface area (Å²) in [6, 6.07) is 10.1. The predicted molar refractivity (Wildman–Crippen MR) is 98.9 cm³/mol. The molecule has 0 atom stereocenters. The minimum Gasteiger partial charge on any atom is -0.370 e. The molecule has 0 bridgehead atoms. The van der Waals surface area contributed by atoms with E-state index in [1.807, 2.05) is 35.4 Å². The van der Waals surface area contributed by atoms with Crippen molar-refractivity contribution in [3.05, 3.63) is 53.9 Å². The molecule has 3 rings (SSSR count). The molecule has 1 aliphatic heterocycles. The number of pyridine rings is 1. The lowest BCUT2D eigenvalue weighted by Gasteiger charge is -2.24. The molecule has 4 nitrogen and oxygen atoms in total. The number of rotatable bonds is 6.